The number of anilines is 1. The molecular formula is C30H24Cl2N8O3. The molecule has 0 aliphatic rings. The number of benzene rings is 3. The standard InChI is InChI=1S/C30H24Cl2N8O3/c1-43-30(42)34-23-11-7-20(8-12-23)25-17-24(29(32)37-36-25)26(15-19-5-3-2-4-6-19)35-28(41)14-9-21-16-22(31)10-13-27(21)40-18-33-38-39-40/h2-14,16-18,26H,15H2,1H3,(H,34,42)(H,35,41). The number of tetrazole rings is 1. The molecular weight excluding hydrogens is 591 g/mol. The van der Waals surface area contributed by atoms with Crippen LogP contribution in [0.5, 0.6) is 0 Å². The van der Waals surface area contributed by atoms with Gasteiger partial charge in [0.15, 0.2) is 5.15 Å². The molecule has 0 saturated heterocycles. The lowest BCUT2D eigenvalue weighted by Crippen LogP contribution is -2.29. The number of amides is 2. The monoisotopic (exact) mass is 614 g/mol. The lowest BCUT2D eigenvalue weighted by atomic mass is 9.98. The minimum absolute atomic E-state index is 0.161. The second kappa shape index (κ2) is 13.7. The van der Waals surface area contributed by atoms with Crippen LogP contribution in [0.15, 0.2) is 91.3 Å². The van der Waals surface area contributed by atoms with Crippen LogP contribution in [0.3, 0.4) is 0 Å². The van der Waals surface area contributed by atoms with Gasteiger partial charge in [0.05, 0.1) is 24.5 Å². The van der Waals surface area contributed by atoms with Gasteiger partial charge in [0.1, 0.15) is 6.33 Å². The Kier molecular flexibility index (Phi) is 9.35. The molecule has 2 N–H and O–H groups in total. The van der Waals surface area contributed by atoms with E-state index in [4.69, 9.17) is 23.2 Å². The smallest absolute Gasteiger partial charge is 0.411 e. The number of rotatable bonds is 9. The van der Waals surface area contributed by atoms with Crippen LogP contribution in [0.4, 0.5) is 10.5 Å². The van der Waals surface area contributed by atoms with Crippen molar-refractivity contribution in [1.82, 2.24) is 35.7 Å². The van der Waals surface area contributed by atoms with E-state index in [-0.39, 0.29) is 11.1 Å². The molecule has 0 aliphatic heterocycles. The molecule has 43 heavy (non-hydrogen) atoms. The Labute approximate surface area is 256 Å². The normalized spacial score (nSPS) is 11.7. The van der Waals surface area contributed by atoms with Gasteiger partial charge in [0, 0.05) is 33.5 Å². The van der Waals surface area contributed by atoms with Gasteiger partial charge in [-0.05, 0) is 64.9 Å². The number of carbonyl (C=O) groups excluding carboxylic acids is 2. The summed E-state index contributed by atoms with van der Waals surface area (Å²) in [5, 5.41) is 26.0. The molecule has 13 heteroatoms. The summed E-state index contributed by atoms with van der Waals surface area (Å²) in [5.41, 5.74) is 4.70. The first-order valence-electron chi connectivity index (χ1n) is 12.9. The molecule has 0 bridgehead atoms. The summed E-state index contributed by atoms with van der Waals surface area (Å²) >= 11 is 12.8. The largest absolute Gasteiger partial charge is 0.453 e. The van der Waals surface area contributed by atoms with Gasteiger partial charge in [-0.15, -0.1) is 15.3 Å². The Morgan fingerprint density at radius 3 is 2.51 bits per heavy atom. The SMILES string of the molecule is COC(=O)Nc1ccc(-c2cc(C(Cc3ccccc3)NC(=O)C=Cc3cc(Cl)ccc3-n3cnnn3)c(Cl)nn2)cc1. The average Bonchev–Trinajstić information content (AvgIpc) is 3.56. The quantitative estimate of drug-likeness (QED) is 0.201. The highest BCUT2D eigenvalue weighted by molar-refractivity contribution is 6.31. The summed E-state index contributed by atoms with van der Waals surface area (Å²) in [6.07, 6.45) is 4.38. The Morgan fingerprint density at radius 2 is 1.79 bits per heavy atom. The highest BCUT2D eigenvalue weighted by atomic mass is 35.5. The number of carbonyl (C=O) groups is 2. The molecule has 1 unspecified atom stereocenters. The fourth-order valence-corrected chi connectivity index (χ4v) is 4.69. The second-order valence-electron chi connectivity index (χ2n) is 9.21. The maximum absolute atomic E-state index is 13.3. The van der Waals surface area contributed by atoms with Crippen LogP contribution in [0, 0.1) is 0 Å². The molecule has 0 aliphatic carbocycles. The molecule has 3 aromatic carbocycles. The summed E-state index contributed by atoms with van der Waals surface area (Å²) in [7, 11) is 1.29. The number of ether oxygens (including phenoxy) is 1. The van der Waals surface area contributed by atoms with Gasteiger partial charge in [-0.2, -0.15) is 4.68 Å². The van der Waals surface area contributed by atoms with E-state index in [1.165, 1.54) is 24.2 Å². The van der Waals surface area contributed by atoms with Gasteiger partial charge in [-0.25, -0.2) is 4.79 Å². The minimum Gasteiger partial charge on any atom is -0.453 e. The lowest BCUT2D eigenvalue weighted by Gasteiger charge is -2.20. The summed E-state index contributed by atoms with van der Waals surface area (Å²) in [6.45, 7) is 0. The first-order valence-corrected chi connectivity index (χ1v) is 13.7. The van der Waals surface area contributed by atoms with E-state index < -0.39 is 12.1 Å². The van der Waals surface area contributed by atoms with E-state index in [2.05, 4.69) is 41.1 Å². The van der Waals surface area contributed by atoms with Gasteiger partial charge >= 0.3 is 6.09 Å². The van der Waals surface area contributed by atoms with Gasteiger partial charge in [0.2, 0.25) is 5.91 Å². The first-order chi connectivity index (χ1) is 20.9. The van der Waals surface area contributed by atoms with Gasteiger partial charge in [-0.3, -0.25) is 10.1 Å². The van der Waals surface area contributed by atoms with Crippen molar-refractivity contribution in [3.8, 4) is 16.9 Å². The van der Waals surface area contributed by atoms with Crippen molar-refractivity contribution in [3.05, 3.63) is 118 Å². The van der Waals surface area contributed by atoms with Crippen LogP contribution in [0.1, 0.15) is 22.7 Å². The van der Waals surface area contributed by atoms with Gasteiger partial charge in [0.25, 0.3) is 0 Å². The van der Waals surface area contributed by atoms with E-state index in [1.807, 2.05) is 30.3 Å². The first kappa shape index (κ1) is 29.4. The van der Waals surface area contributed by atoms with E-state index in [9.17, 15) is 9.59 Å². The molecule has 1 atom stereocenters. The number of halogens is 2. The molecule has 2 heterocycles. The van der Waals surface area contributed by atoms with Crippen LogP contribution in [0.25, 0.3) is 23.0 Å². The van der Waals surface area contributed by atoms with Crippen LogP contribution in [-0.4, -0.2) is 49.5 Å². The molecule has 5 aromatic rings. The number of nitrogens with one attached hydrogen (secondary N) is 2. The van der Waals surface area contributed by atoms with Crippen LogP contribution in [0.2, 0.25) is 10.2 Å². The zero-order valence-electron chi connectivity index (χ0n) is 22.7. The topological polar surface area (TPSA) is 137 Å². The summed E-state index contributed by atoms with van der Waals surface area (Å²) in [5.74, 6) is -0.365. The molecule has 216 valence electrons. The van der Waals surface area contributed by atoms with Crippen LogP contribution in [-0.2, 0) is 16.0 Å². The van der Waals surface area contributed by atoms with Crippen LogP contribution >= 0.6 is 23.2 Å². The Balaban J connectivity index is 1.42. The van der Waals surface area contributed by atoms with Crippen molar-refractivity contribution >= 4 is 47.0 Å². The van der Waals surface area contributed by atoms with E-state index in [0.717, 1.165) is 11.1 Å². The molecule has 2 amide bonds. The molecule has 11 nitrogen and oxygen atoms in total. The van der Waals surface area contributed by atoms with Crippen LogP contribution < -0.4 is 10.6 Å². The van der Waals surface area contributed by atoms with Crippen molar-refractivity contribution in [2.24, 2.45) is 0 Å². The minimum atomic E-state index is -0.572. The molecule has 2 aromatic heterocycles. The molecule has 0 spiro atoms. The predicted octanol–water partition coefficient (Wildman–Crippen LogP) is 5.72. The van der Waals surface area contributed by atoms with Gasteiger partial charge in [-0.1, -0.05) is 65.7 Å². The van der Waals surface area contributed by atoms with Crippen molar-refractivity contribution in [2.75, 3.05) is 12.4 Å². The van der Waals surface area contributed by atoms with Crippen molar-refractivity contribution < 1.29 is 14.3 Å². The zero-order chi connectivity index (χ0) is 30.2. The van der Waals surface area contributed by atoms with E-state index in [1.54, 1.807) is 54.6 Å². The molecule has 5 rings (SSSR count). The summed E-state index contributed by atoms with van der Waals surface area (Å²) in [4.78, 5) is 24.8. The highest BCUT2D eigenvalue weighted by Crippen LogP contribution is 2.29. The van der Waals surface area contributed by atoms with Crippen molar-refractivity contribution in [2.45, 2.75) is 12.5 Å². The molecule has 0 radical (unpaired) electrons. The molecule has 0 fully saturated rings. The maximum atomic E-state index is 13.3. The average molecular weight is 615 g/mol. The van der Waals surface area contributed by atoms with Gasteiger partial charge < -0.3 is 10.1 Å². The number of nitrogens with zero attached hydrogens (tertiary/aromatic N) is 6. The fourth-order valence-electron chi connectivity index (χ4n) is 4.28. The maximum Gasteiger partial charge on any atom is 0.411 e. The fraction of sp³-hybridized carbons (Fsp3) is 0.100. The highest BCUT2D eigenvalue weighted by Gasteiger charge is 2.20. The molecule has 0 saturated carbocycles. The van der Waals surface area contributed by atoms with E-state index in [0.29, 0.717) is 39.6 Å². The zero-order valence-corrected chi connectivity index (χ0v) is 24.2. The second-order valence-corrected chi connectivity index (χ2v) is 10.0. The lowest BCUT2D eigenvalue weighted by molar-refractivity contribution is -0.117. The Hall–Kier alpha value is -5.13. The third-order valence-electron chi connectivity index (χ3n) is 6.36. The van der Waals surface area contributed by atoms with Crippen molar-refractivity contribution in [3.63, 3.8) is 0 Å². The Morgan fingerprint density at radius 1 is 1.00 bits per heavy atom. The summed E-state index contributed by atoms with van der Waals surface area (Å²) < 4.78 is 6.11. The predicted molar refractivity (Wildman–Crippen MR) is 163 cm³/mol. The van der Waals surface area contributed by atoms with Crippen molar-refractivity contribution in [1.29, 1.82) is 0 Å². The number of methoxy groups -OCH3 is 1. The summed E-state index contributed by atoms with van der Waals surface area (Å²) in [6, 6.07) is 23.2. The van der Waals surface area contributed by atoms with E-state index >= 15 is 0 Å². The Bertz CT molecular complexity index is 1750. The number of hydrogen-bond acceptors (Lipinski definition) is 8. The third-order valence-corrected chi connectivity index (χ3v) is 6.89. The number of hydrogen-bond donors (Lipinski definition) is 2. The number of aromatic nitrogens is 6. The third kappa shape index (κ3) is 7.59.